The number of anilines is 1. The highest BCUT2D eigenvalue weighted by Gasteiger charge is 2.33. The number of aromatic nitrogens is 3. The number of hydrogen-bond donors (Lipinski definition) is 1. The Kier molecular flexibility index (Phi) is 10.6. The van der Waals surface area contributed by atoms with E-state index in [1.165, 1.54) is 11.0 Å². The average Bonchev–Trinajstić information content (AvgIpc) is 3.10. The number of likely N-dealkylation sites (tertiary alicyclic amines) is 1. The van der Waals surface area contributed by atoms with Gasteiger partial charge in [-0.15, -0.1) is 0 Å². The number of nitriles is 1. The number of sulfone groups is 1. The molecule has 11 nitrogen and oxygen atoms in total. The highest BCUT2D eigenvalue weighted by molar-refractivity contribution is 7.89. The molecule has 1 aliphatic heterocycles. The van der Waals surface area contributed by atoms with Crippen LogP contribution < -0.4 is 10.1 Å². The summed E-state index contributed by atoms with van der Waals surface area (Å²) in [5.41, 5.74) is 1.84. The van der Waals surface area contributed by atoms with Crippen LogP contribution in [0.3, 0.4) is 0 Å². The lowest BCUT2D eigenvalue weighted by molar-refractivity contribution is 0.0124. The maximum absolute atomic E-state index is 15.4. The van der Waals surface area contributed by atoms with Gasteiger partial charge in [0.15, 0.2) is 9.84 Å². The number of piperidine rings is 1. The van der Waals surface area contributed by atoms with Crippen molar-refractivity contribution in [2.45, 2.75) is 63.4 Å². The molecule has 1 aliphatic rings. The molecule has 1 fully saturated rings. The van der Waals surface area contributed by atoms with Gasteiger partial charge in [-0.1, -0.05) is 24.3 Å². The van der Waals surface area contributed by atoms with Crippen LogP contribution in [0.15, 0.2) is 79.1 Å². The monoisotopic (exact) mass is 740 g/mol. The van der Waals surface area contributed by atoms with Crippen molar-refractivity contribution in [1.29, 1.82) is 5.26 Å². The van der Waals surface area contributed by atoms with Gasteiger partial charge in [0.1, 0.15) is 23.3 Å². The average molecular weight is 741 g/mol. The maximum atomic E-state index is 15.4. The number of fused-ring (bicyclic) bond motifs is 1. The topological polar surface area (TPSA) is 147 Å². The summed E-state index contributed by atoms with van der Waals surface area (Å²) in [6, 6.07) is 19.1. The van der Waals surface area contributed by atoms with E-state index in [1.54, 1.807) is 93.8 Å². The number of benzene rings is 3. The quantitative estimate of drug-likeness (QED) is 0.160. The lowest BCUT2D eigenvalue weighted by atomic mass is 10.0. The number of carbonyl (C=O) groups excluding carboxylic acids is 1. The van der Waals surface area contributed by atoms with Gasteiger partial charge in [-0.3, -0.25) is 0 Å². The molecule has 3 aromatic carbocycles. The number of pyridine rings is 1. The first kappa shape index (κ1) is 37.1. The smallest absolute Gasteiger partial charge is 0.410 e. The summed E-state index contributed by atoms with van der Waals surface area (Å²) in [7, 11) is -3.82. The van der Waals surface area contributed by atoms with Crippen molar-refractivity contribution < 1.29 is 31.5 Å². The molecule has 3 heterocycles. The fourth-order valence-electron chi connectivity index (χ4n) is 6.15. The standard InChI is InChI=1S/C39H38F2N6O5S/c1-24-7-12-29-30(13-14-33(41)32(29)23-53(49,50)22-26-10-8-25(19-42)9-11-26)35(24)51-36-31(6-5-16-43-36)34-15-17-44-37(46-34)45-28-18-27(40)20-47(21-28)38(48)52-39(2,3)4/h5-17,27-28H,18,20-23H2,1-4H3,(H,44,45,46)/t27-,28-/m0/s1. The van der Waals surface area contributed by atoms with Crippen LogP contribution in [0.2, 0.25) is 0 Å². The Balaban J connectivity index is 1.26. The second kappa shape index (κ2) is 15.1. The fourth-order valence-corrected chi connectivity index (χ4v) is 7.68. The number of nitrogens with one attached hydrogen (secondary N) is 1. The van der Waals surface area contributed by atoms with Crippen LogP contribution in [0.5, 0.6) is 11.6 Å². The Labute approximate surface area is 306 Å². The number of alkyl halides is 1. The van der Waals surface area contributed by atoms with Crippen molar-refractivity contribution >= 4 is 32.7 Å². The molecule has 0 bridgehead atoms. The second-order valence-electron chi connectivity index (χ2n) is 14.0. The van der Waals surface area contributed by atoms with E-state index in [0.717, 1.165) is 0 Å². The number of amides is 1. The van der Waals surface area contributed by atoms with E-state index in [1.807, 2.05) is 13.0 Å². The minimum atomic E-state index is -3.82. The molecule has 0 unspecified atom stereocenters. The normalized spacial score (nSPS) is 16.2. The van der Waals surface area contributed by atoms with Gasteiger partial charge in [-0.25, -0.2) is 36.9 Å². The molecule has 274 valence electrons. The van der Waals surface area contributed by atoms with Crippen molar-refractivity contribution in [3.8, 4) is 29.0 Å². The number of ether oxygens (including phenoxy) is 2. The molecule has 0 radical (unpaired) electrons. The predicted molar refractivity (Wildman–Crippen MR) is 196 cm³/mol. The number of carbonyl (C=O) groups is 1. The summed E-state index contributed by atoms with van der Waals surface area (Å²) in [5.74, 6) is -0.785. The van der Waals surface area contributed by atoms with Gasteiger partial charge < -0.3 is 19.7 Å². The van der Waals surface area contributed by atoms with Crippen molar-refractivity contribution in [3.63, 3.8) is 0 Å². The van der Waals surface area contributed by atoms with E-state index in [2.05, 4.69) is 20.3 Å². The summed E-state index contributed by atoms with van der Waals surface area (Å²) in [5, 5.41) is 13.1. The van der Waals surface area contributed by atoms with E-state index in [0.29, 0.717) is 44.5 Å². The molecule has 6 rings (SSSR count). The third-order valence-corrected chi connectivity index (χ3v) is 10.0. The van der Waals surface area contributed by atoms with E-state index < -0.39 is 45.3 Å². The molecule has 2 aromatic heterocycles. The molecule has 14 heteroatoms. The molecule has 0 spiro atoms. The Hall–Kier alpha value is -5.68. The first-order chi connectivity index (χ1) is 25.2. The first-order valence-corrected chi connectivity index (χ1v) is 18.7. The van der Waals surface area contributed by atoms with E-state index >= 15 is 4.39 Å². The van der Waals surface area contributed by atoms with Crippen LogP contribution in [0.25, 0.3) is 22.0 Å². The van der Waals surface area contributed by atoms with Gasteiger partial charge in [-0.05, 0) is 86.7 Å². The molecule has 0 aliphatic carbocycles. The van der Waals surface area contributed by atoms with Gasteiger partial charge in [0.05, 0.1) is 40.9 Å². The van der Waals surface area contributed by atoms with E-state index in [-0.39, 0.29) is 42.7 Å². The van der Waals surface area contributed by atoms with E-state index in [4.69, 9.17) is 14.7 Å². The van der Waals surface area contributed by atoms with Gasteiger partial charge in [0, 0.05) is 42.4 Å². The summed E-state index contributed by atoms with van der Waals surface area (Å²) < 4.78 is 68.6. The molecule has 5 aromatic rings. The molecule has 0 saturated carbocycles. The zero-order chi connectivity index (χ0) is 37.9. The summed E-state index contributed by atoms with van der Waals surface area (Å²) in [6.07, 6.45) is 1.38. The highest BCUT2D eigenvalue weighted by Crippen LogP contribution is 2.38. The molecule has 1 N–H and O–H groups in total. The highest BCUT2D eigenvalue weighted by atomic mass is 32.2. The van der Waals surface area contributed by atoms with Gasteiger partial charge >= 0.3 is 6.09 Å². The third-order valence-electron chi connectivity index (χ3n) is 8.52. The van der Waals surface area contributed by atoms with Crippen molar-refractivity contribution in [2.24, 2.45) is 0 Å². The SMILES string of the molecule is Cc1ccc2c(CS(=O)(=O)Cc3ccc(C#N)cc3)c(F)ccc2c1Oc1ncccc1-c1ccnc(N[C@H]2C[C@H](F)CN(C(=O)OC(C)(C)C)C2)n1. The number of aryl methyl sites for hydroxylation is 1. The Morgan fingerprint density at radius 3 is 2.49 bits per heavy atom. The van der Waals surface area contributed by atoms with E-state index in [9.17, 15) is 17.6 Å². The Morgan fingerprint density at radius 1 is 1.00 bits per heavy atom. The number of halogens is 2. The van der Waals surface area contributed by atoms with Gasteiger partial charge in [0.2, 0.25) is 11.8 Å². The van der Waals surface area contributed by atoms with Crippen molar-refractivity contribution in [2.75, 3.05) is 18.4 Å². The van der Waals surface area contributed by atoms with Crippen LogP contribution in [0.1, 0.15) is 49.4 Å². The van der Waals surface area contributed by atoms with Crippen LogP contribution >= 0.6 is 0 Å². The number of nitrogens with zero attached hydrogens (tertiary/aromatic N) is 5. The first-order valence-electron chi connectivity index (χ1n) is 16.9. The maximum Gasteiger partial charge on any atom is 0.410 e. The summed E-state index contributed by atoms with van der Waals surface area (Å²) in [4.78, 5) is 27.5. The lowest BCUT2D eigenvalue weighted by Crippen LogP contribution is -2.51. The summed E-state index contributed by atoms with van der Waals surface area (Å²) in [6.45, 7) is 7.20. The predicted octanol–water partition coefficient (Wildman–Crippen LogP) is 7.68. The Morgan fingerprint density at radius 2 is 1.75 bits per heavy atom. The minimum Gasteiger partial charge on any atom is -0.444 e. The number of rotatable bonds is 9. The van der Waals surface area contributed by atoms with Crippen LogP contribution in [0.4, 0.5) is 19.5 Å². The fraction of sp³-hybridized carbons (Fsp3) is 0.308. The molecule has 1 amide bonds. The molecular formula is C39H38F2N6O5S. The number of hydrogen-bond acceptors (Lipinski definition) is 10. The lowest BCUT2D eigenvalue weighted by Gasteiger charge is -2.36. The minimum absolute atomic E-state index is 0.0113. The molecular weight excluding hydrogens is 703 g/mol. The van der Waals surface area contributed by atoms with Crippen LogP contribution in [0, 0.1) is 24.1 Å². The molecule has 2 atom stereocenters. The van der Waals surface area contributed by atoms with Crippen molar-refractivity contribution in [3.05, 3.63) is 107 Å². The molecule has 53 heavy (non-hydrogen) atoms. The zero-order valence-electron chi connectivity index (χ0n) is 29.6. The zero-order valence-corrected chi connectivity index (χ0v) is 30.5. The molecule has 1 saturated heterocycles. The van der Waals surface area contributed by atoms with Crippen molar-refractivity contribution in [1.82, 2.24) is 19.9 Å². The van der Waals surface area contributed by atoms with Gasteiger partial charge in [0.25, 0.3) is 0 Å². The second-order valence-corrected chi connectivity index (χ2v) is 16.0. The van der Waals surface area contributed by atoms with Crippen LogP contribution in [-0.2, 0) is 26.1 Å². The van der Waals surface area contributed by atoms with Crippen LogP contribution in [-0.4, -0.2) is 65.3 Å². The third kappa shape index (κ3) is 9.04. The summed E-state index contributed by atoms with van der Waals surface area (Å²) >= 11 is 0. The largest absolute Gasteiger partial charge is 0.444 e. The Bertz CT molecular complexity index is 2310. The van der Waals surface area contributed by atoms with Gasteiger partial charge in [-0.2, -0.15) is 5.26 Å².